The topological polar surface area (TPSA) is 43.8 Å². The molecule has 3 rings (SSSR count). The van der Waals surface area contributed by atoms with Gasteiger partial charge in [0.05, 0.1) is 25.5 Å². The average molecular weight is 306 g/mol. The molecule has 2 aliphatic heterocycles. The number of rotatable bonds is 6. The summed E-state index contributed by atoms with van der Waals surface area (Å²) in [5.74, 6) is 0.843. The van der Waals surface area contributed by atoms with Gasteiger partial charge in [0.1, 0.15) is 5.75 Å². The molecular weight excluding hydrogens is 280 g/mol. The number of aromatic nitrogens is 1. The van der Waals surface area contributed by atoms with E-state index in [4.69, 9.17) is 14.2 Å². The fourth-order valence-electron chi connectivity index (χ4n) is 3.66. The van der Waals surface area contributed by atoms with Crippen molar-refractivity contribution in [3.8, 4) is 5.75 Å². The van der Waals surface area contributed by atoms with Crippen molar-refractivity contribution in [3.05, 3.63) is 24.5 Å². The van der Waals surface area contributed by atoms with Gasteiger partial charge in [-0.05, 0) is 31.4 Å². The molecule has 2 fully saturated rings. The lowest BCUT2D eigenvalue weighted by Gasteiger charge is -2.50. The molecule has 0 N–H and O–H groups in total. The molecule has 0 bridgehead atoms. The number of nitrogens with zero attached hydrogens (tertiary/aromatic N) is 2. The predicted octanol–water partition coefficient (Wildman–Crippen LogP) is 1.98. The van der Waals surface area contributed by atoms with Crippen LogP contribution >= 0.6 is 0 Å². The molecule has 22 heavy (non-hydrogen) atoms. The van der Waals surface area contributed by atoms with Crippen molar-refractivity contribution in [2.24, 2.45) is 5.41 Å². The number of pyridine rings is 1. The van der Waals surface area contributed by atoms with Crippen LogP contribution in [0.1, 0.15) is 19.3 Å². The summed E-state index contributed by atoms with van der Waals surface area (Å²) >= 11 is 0. The van der Waals surface area contributed by atoms with E-state index in [1.165, 1.54) is 6.42 Å². The second-order valence-electron chi connectivity index (χ2n) is 6.36. The smallest absolute Gasteiger partial charge is 0.137 e. The normalized spacial score (nSPS) is 29.0. The Morgan fingerprint density at radius 3 is 3.27 bits per heavy atom. The van der Waals surface area contributed by atoms with E-state index >= 15 is 0 Å². The van der Waals surface area contributed by atoms with Gasteiger partial charge < -0.3 is 19.1 Å². The largest absolute Gasteiger partial charge is 0.491 e. The van der Waals surface area contributed by atoms with Crippen molar-refractivity contribution < 1.29 is 14.2 Å². The van der Waals surface area contributed by atoms with Gasteiger partial charge in [0.15, 0.2) is 0 Å². The highest BCUT2D eigenvalue weighted by Gasteiger charge is 2.46. The molecular formula is C17H26N2O3. The molecule has 0 radical (unpaired) electrons. The summed E-state index contributed by atoms with van der Waals surface area (Å²) in [5.41, 5.74) is 0.0973. The third kappa shape index (κ3) is 3.59. The lowest BCUT2D eigenvalue weighted by molar-refractivity contribution is -0.140. The van der Waals surface area contributed by atoms with Crippen LogP contribution < -0.4 is 4.74 Å². The van der Waals surface area contributed by atoms with Crippen molar-refractivity contribution in [3.63, 3.8) is 0 Å². The number of ether oxygens (including phenoxy) is 3. The van der Waals surface area contributed by atoms with Gasteiger partial charge in [-0.25, -0.2) is 0 Å². The molecule has 122 valence electrons. The van der Waals surface area contributed by atoms with Crippen LogP contribution in [0.3, 0.4) is 0 Å². The predicted molar refractivity (Wildman–Crippen MR) is 84.1 cm³/mol. The number of methoxy groups -OCH3 is 1. The minimum atomic E-state index is 0.0973. The molecule has 0 unspecified atom stereocenters. The SMILES string of the molecule is COCCN1CC[C@@H]2OCCC[C@]2(COc2cccnc2)C1. The first-order valence-electron chi connectivity index (χ1n) is 8.18. The molecule has 0 saturated carbocycles. The first kappa shape index (κ1) is 15.7. The summed E-state index contributed by atoms with van der Waals surface area (Å²) in [6.07, 6.45) is 7.23. The van der Waals surface area contributed by atoms with E-state index in [1.807, 2.05) is 12.1 Å². The second kappa shape index (κ2) is 7.40. The summed E-state index contributed by atoms with van der Waals surface area (Å²) in [7, 11) is 1.76. The molecule has 0 aromatic carbocycles. The zero-order valence-corrected chi connectivity index (χ0v) is 13.4. The quantitative estimate of drug-likeness (QED) is 0.804. The Kier molecular flexibility index (Phi) is 5.28. The van der Waals surface area contributed by atoms with Gasteiger partial charge in [-0.2, -0.15) is 0 Å². The number of hydrogen-bond donors (Lipinski definition) is 0. The minimum absolute atomic E-state index is 0.0973. The lowest BCUT2D eigenvalue weighted by Crippen LogP contribution is -2.57. The monoisotopic (exact) mass is 306 g/mol. The number of hydrogen-bond acceptors (Lipinski definition) is 5. The maximum Gasteiger partial charge on any atom is 0.137 e. The molecule has 5 heteroatoms. The third-order valence-corrected chi connectivity index (χ3v) is 4.84. The van der Waals surface area contributed by atoms with E-state index in [9.17, 15) is 0 Å². The maximum atomic E-state index is 6.07. The van der Waals surface area contributed by atoms with E-state index in [1.54, 1.807) is 19.5 Å². The summed E-state index contributed by atoms with van der Waals surface area (Å²) in [4.78, 5) is 6.61. The van der Waals surface area contributed by atoms with Crippen LogP contribution in [0, 0.1) is 5.41 Å². The van der Waals surface area contributed by atoms with Crippen molar-refractivity contribution in [2.75, 3.05) is 46.6 Å². The molecule has 3 heterocycles. The molecule has 5 nitrogen and oxygen atoms in total. The first-order valence-corrected chi connectivity index (χ1v) is 8.18. The zero-order valence-electron chi connectivity index (χ0n) is 13.4. The van der Waals surface area contributed by atoms with Crippen molar-refractivity contribution in [1.82, 2.24) is 9.88 Å². The third-order valence-electron chi connectivity index (χ3n) is 4.84. The molecule has 1 aromatic heterocycles. The Hall–Kier alpha value is -1.17. The molecule has 0 amide bonds. The summed E-state index contributed by atoms with van der Waals surface area (Å²) < 4.78 is 17.4. The molecule has 0 aliphatic carbocycles. The van der Waals surface area contributed by atoms with Gasteiger partial charge in [0, 0.05) is 45.0 Å². The van der Waals surface area contributed by atoms with Crippen LogP contribution in [-0.2, 0) is 9.47 Å². The zero-order chi connectivity index (χ0) is 15.3. The molecule has 2 saturated heterocycles. The second-order valence-corrected chi connectivity index (χ2v) is 6.36. The van der Waals surface area contributed by atoms with Crippen LogP contribution in [-0.4, -0.2) is 62.6 Å². The molecule has 0 spiro atoms. The first-order chi connectivity index (χ1) is 10.8. The molecule has 1 aromatic rings. The van der Waals surface area contributed by atoms with E-state index in [-0.39, 0.29) is 5.41 Å². The fraction of sp³-hybridized carbons (Fsp3) is 0.706. The number of fused-ring (bicyclic) bond motifs is 1. The molecule has 2 atom stereocenters. The van der Waals surface area contributed by atoms with Crippen molar-refractivity contribution in [2.45, 2.75) is 25.4 Å². The Bertz CT molecular complexity index is 456. The maximum absolute atomic E-state index is 6.07. The summed E-state index contributed by atoms with van der Waals surface area (Å²) in [6, 6.07) is 3.88. The Labute approximate surface area is 132 Å². The van der Waals surface area contributed by atoms with Crippen molar-refractivity contribution in [1.29, 1.82) is 0 Å². The average Bonchev–Trinajstić information content (AvgIpc) is 2.59. The minimum Gasteiger partial charge on any atom is -0.491 e. The summed E-state index contributed by atoms with van der Waals surface area (Å²) in [5, 5.41) is 0. The van der Waals surface area contributed by atoms with Crippen LogP contribution in [0.15, 0.2) is 24.5 Å². The van der Waals surface area contributed by atoms with Crippen LogP contribution in [0.25, 0.3) is 0 Å². The highest BCUT2D eigenvalue weighted by Crippen LogP contribution is 2.40. The fourth-order valence-corrected chi connectivity index (χ4v) is 3.66. The highest BCUT2D eigenvalue weighted by molar-refractivity contribution is 5.16. The van der Waals surface area contributed by atoms with Crippen LogP contribution in [0.2, 0.25) is 0 Å². The molecule has 2 aliphatic rings. The van der Waals surface area contributed by atoms with Gasteiger partial charge in [0.2, 0.25) is 0 Å². The standard InChI is InChI=1S/C17H26N2O3/c1-20-11-9-19-8-5-16-17(13-19,6-3-10-21-16)14-22-15-4-2-7-18-12-15/h2,4,7,12,16H,3,5-6,8-11,13-14H2,1H3/t16-,17+/m0/s1. The van der Waals surface area contributed by atoms with Gasteiger partial charge in [0.25, 0.3) is 0 Å². The van der Waals surface area contributed by atoms with E-state index in [0.717, 1.165) is 51.4 Å². The van der Waals surface area contributed by atoms with E-state index in [2.05, 4.69) is 9.88 Å². The Morgan fingerprint density at radius 1 is 1.50 bits per heavy atom. The van der Waals surface area contributed by atoms with Crippen LogP contribution in [0.4, 0.5) is 0 Å². The highest BCUT2D eigenvalue weighted by atomic mass is 16.5. The van der Waals surface area contributed by atoms with Crippen LogP contribution in [0.5, 0.6) is 5.75 Å². The summed E-state index contributed by atoms with van der Waals surface area (Å²) in [6.45, 7) is 5.47. The van der Waals surface area contributed by atoms with Gasteiger partial charge in [-0.15, -0.1) is 0 Å². The number of likely N-dealkylation sites (tertiary alicyclic amines) is 1. The lowest BCUT2D eigenvalue weighted by atomic mass is 9.73. The van der Waals surface area contributed by atoms with Gasteiger partial charge >= 0.3 is 0 Å². The number of piperidine rings is 1. The van der Waals surface area contributed by atoms with Gasteiger partial charge in [-0.1, -0.05) is 0 Å². The van der Waals surface area contributed by atoms with E-state index in [0.29, 0.717) is 12.7 Å². The van der Waals surface area contributed by atoms with Gasteiger partial charge in [-0.3, -0.25) is 4.98 Å². The van der Waals surface area contributed by atoms with Crippen molar-refractivity contribution >= 4 is 0 Å². The Morgan fingerprint density at radius 2 is 2.45 bits per heavy atom. The Balaban J connectivity index is 1.66. The van der Waals surface area contributed by atoms with E-state index < -0.39 is 0 Å².